The normalized spacial score (nSPS) is 10.1. The van der Waals surface area contributed by atoms with Crippen LogP contribution in [0.3, 0.4) is 0 Å². The second-order valence-corrected chi connectivity index (χ2v) is 2.71. The van der Waals surface area contributed by atoms with Gasteiger partial charge in [-0.05, 0) is 12.3 Å². The maximum Gasteiger partial charge on any atom is 0.238 e. The third-order valence-electron chi connectivity index (χ3n) is 1.19. The maximum absolute atomic E-state index is 10.1. The average molecular weight is 128 g/mol. The summed E-state index contributed by atoms with van der Waals surface area (Å²) in [6.07, 6.45) is 2.36. The first-order valence-electron chi connectivity index (χ1n) is 3.37. The molecule has 0 bridgehead atoms. The van der Waals surface area contributed by atoms with E-state index in [-0.39, 0.29) is 0 Å². The van der Waals surface area contributed by atoms with E-state index in [1.807, 2.05) is 0 Å². The second-order valence-electron chi connectivity index (χ2n) is 2.71. The van der Waals surface area contributed by atoms with E-state index in [4.69, 9.17) is 5.73 Å². The molecule has 53 valence electrons. The number of amides is 1. The van der Waals surface area contributed by atoms with Gasteiger partial charge >= 0.3 is 0 Å². The number of hydrogen-bond acceptors (Lipinski definition) is 1. The van der Waals surface area contributed by atoms with Crippen molar-refractivity contribution < 1.29 is 4.79 Å². The summed E-state index contributed by atoms with van der Waals surface area (Å²) in [7, 11) is 0. The Labute approximate surface area is 56.4 Å². The lowest BCUT2D eigenvalue weighted by atomic mass is 10.1. The fraction of sp³-hybridized carbons (Fsp3) is 0.857. The van der Waals surface area contributed by atoms with Crippen LogP contribution in [0.25, 0.3) is 0 Å². The van der Waals surface area contributed by atoms with Crippen LogP contribution in [-0.2, 0) is 4.79 Å². The monoisotopic (exact) mass is 128 g/mol. The molecule has 2 nitrogen and oxygen atoms in total. The van der Waals surface area contributed by atoms with Gasteiger partial charge in [-0.3, -0.25) is 10.5 Å². The number of rotatable bonds is 4. The molecule has 0 unspecified atom stereocenters. The van der Waals surface area contributed by atoms with Crippen LogP contribution in [0.1, 0.15) is 33.1 Å². The van der Waals surface area contributed by atoms with E-state index in [0.29, 0.717) is 12.3 Å². The highest BCUT2D eigenvalue weighted by Crippen LogP contribution is 2.05. The van der Waals surface area contributed by atoms with Crippen molar-refractivity contribution in [2.45, 2.75) is 33.1 Å². The summed E-state index contributed by atoms with van der Waals surface area (Å²) in [5.74, 6) is 0.222. The summed E-state index contributed by atoms with van der Waals surface area (Å²) in [5.41, 5.74) is 6.58. The lowest BCUT2D eigenvalue weighted by Crippen LogP contribution is -1.98. The molecule has 0 aromatic rings. The van der Waals surface area contributed by atoms with Gasteiger partial charge in [0.15, 0.2) is 0 Å². The van der Waals surface area contributed by atoms with E-state index in [1.165, 1.54) is 0 Å². The van der Waals surface area contributed by atoms with Crippen LogP contribution in [0.4, 0.5) is 0 Å². The lowest BCUT2D eigenvalue weighted by molar-refractivity contribution is -0.118. The minimum absolute atomic E-state index is 0.429. The molecule has 1 amide bonds. The molecule has 0 aromatic carbocycles. The molecule has 0 aliphatic carbocycles. The van der Waals surface area contributed by atoms with Crippen molar-refractivity contribution in [3.8, 4) is 0 Å². The van der Waals surface area contributed by atoms with Crippen molar-refractivity contribution in [3.63, 3.8) is 0 Å². The largest absolute Gasteiger partial charge is 0.273 e. The second kappa shape index (κ2) is 4.36. The zero-order valence-corrected chi connectivity index (χ0v) is 6.11. The third kappa shape index (κ3) is 7.47. The minimum Gasteiger partial charge on any atom is -0.273 e. The predicted octanol–water partition coefficient (Wildman–Crippen LogP) is 1.62. The standard InChI is InChI=1S/C7H14NO/c1-6(2)4-3-5-7(8)9/h6,8H,3-5H2,1-2H3. The van der Waals surface area contributed by atoms with Crippen molar-refractivity contribution in [1.82, 2.24) is 5.73 Å². The van der Waals surface area contributed by atoms with Crippen LogP contribution in [0, 0.1) is 5.92 Å². The molecule has 0 aromatic heterocycles. The Hall–Kier alpha value is -0.530. The van der Waals surface area contributed by atoms with E-state index in [0.717, 1.165) is 12.8 Å². The first-order chi connectivity index (χ1) is 4.13. The van der Waals surface area contributed by atoms with Crippen molar-refractivity contribution in [2.75, 3.05) is 0 Å². The molecule has 0 atom stereocenters. The van der Waals surface area contributed by atoms with E-state index in [1.54, 1.807) is 0 Å². The summed E-state index contributed by atoms with van der Waals surface area (Å²) < 4.78 is 0. The molecule has 0 aliphatic heterocycles. The summed E-state index contributed by atoms with van der Waals surface area (Å²) in [6.45, 7) is 4.24. The smallest absolute Gasteiger partial charge is 0.238 e. The first kappa shape index (κ1) is 8.47. The van der Waals surface area contributed by atoms with Crippen molar-refractivity contribution in [2.24, 2.45) is 5.92 Å². The Morgan fingerprint density at radius 3 is 2.44 bits per heavy atom. The Morgan fingerprint density at radius 1 is 1.56 bits per heavy atom. The van der Waals surface area contributed by atoms with Crippen molar-refractivity contribution in [1.29, 1.82) is 0 Å². The van der Waals surface area contributed by atoms with Crippen LogP contribution >= 0.6 is 0 Å². The Bertz CT molecular complexity index is 88.9. The average Bonchev–Trinajstić information content (AvgIpc) is 1.63. The molecular weight excluding hydrogens is 114 g/mol. The van der Waals surface area contributed by atoms with Gasteiger partial charge in [-0.25, -0.2) is 0 Å². The molecule has 0 saturated heterocycles. The van der Waals surface area contributed by atoms with Crippen LogP contribution in [0.15, 0.2) is 0 Å². The number of hydrogen-bond donors (Lipinski definition) is 0. The van der Waals surface area contributed by atoms with Crippen LogP contribution < -0.4 is 5.73 Å². The van der Waals surface area contributed by atoms with Crippen LogP contribution in [0.2, 0.25) is 0 Å². The van der Waals surface area contributed by atoms with Gasteiger partial charge < -0.3 is 0 Å². The fourth-order valence-electron chi connectivity index (χ4n) is 0.671. The molecule has 0 spiro atoms. The summed E-state index contributed by atoms with van der Waals surface area (Å²) >= 11 is 0. The number of nitrogens with one attached hydrogen (secondary N) is 1. The Kier molecular flexibility index (Phi) is 4.10. The van der Waals surface area contributed by atoms with E-state index in [9.17, 15) is 4.79 Å². The highest BCUT2D eigenvalue weighted by Gasteiger charge is 1.96. The summed E-state index contributed by atoms with van der Waals surface area (Å²) in [4.78, 5) is 10.1. The maximum atomic E-state index is 10.1. The van der Waals surface area contributed by atoms with Crippen molar-refractivity contribution in [3.05, 3.63) is 0 Å². The topological polar surface area (TPSA) is 40.9 Å². The van der Waals surface area contributed by atoms with Gasteiger partial charge in [0.25, 0.3) is 0 Å². The van der Waals surface area contributed by atoms with Gasteiger partial charge in [0.1, 0.15) is 0 Å². The highest BCUT2D eigenvalue weighted by atomic mass is 16.1. The quantitative estimate of drug-likeness (QED) is 0.567. The highest BCUT2D eigenvalue weighted by molar-refractivity contribution is 5.72. The third-order valence-corrected chi connectivity index (χ3v) is 1.19. The summed E-state index contributed by atoms with van der Waals surface area (Å²) in [6, 6.07) is 0. The van der Waals surface area contributed by atoms with E-state index < -0.39 is 5.91 Å². The molecule has 0 saturated carbocycles. The van der Waals surface area contributed by atoms with Crippen molar-refractivity contribution >= 4 is 5.91 Å². The Morgan fingerprint density at radius 2 is 2.11 bits per heavy atom. The molecule has 9 heavy (non-hydrogen) atoms. The van der Waals surface area contributed by atoms with Crippen LogP contribution in [0.5, 0.6) is 0 Å². The predicted molar refractivity (Wildman–Crippen MR) is 36.8 cm³/mol. The SMILES string of the molecule is CC(C)CCCC([NH])=O. The molecule has 0 rings (SSSR count). The molecular formula is C7H14NO. The number of carbonyl (C=O) groups excluding carboxylic acids is 1. The molecule has 0 aliphatic rings. The molecule has 0 heterocycles. The van der Waals surface area contributed by atoms with Crippen LogP contribution in [-0.4, -0.2) is 5.91 Å². The van der Waals surface area contributed by atoms with Gasteiger partial charge in [0.05, 0.1) is 0 Å². The van der Waals surface area contributed by atoms with Gasteiger partial charge in [-0.15, -0.1) is 0 Å². The molecule has 1 radical (unpaired) electrons. The molecule has 0 fully saturated rings. The fourth-order valence-corrected chi connectivity index (χ4v) is 0.671. The van der Waals surface area contributed by atoms with Gasteiger partial charge in [-0.2, -0.15) is 0 Å². The van der Waals surface area contributed by atoms with Gasteiger partial charge in [0, 0.05) is 6.42 Å². The Balaban J connectivity index is 3.01. The first-order valence-corrected chi connectivity index (χ1v) is 3.37. The van der Waals surface area contributed by atoms with E-state index in [2.05, 4.69) is 13.8 Å². The molecule has 2 heteroatoms. The zero-order chi connectivity index (χ0) is 7.28. The number of carbonyl (C=O) groups is 1. The zero-order valence-electron chi connectivity index (χ0n) is 6.11. The van der Waals surface area contributed by atoms with Gasteiger partial charge in [0.2, 0.25) is 5.91 Å². The molecule has 1 N–H and O–H groups in total. The lowest BCUT2D eigenvalue weighted by Gasteiger charge is -1.99. The minimum atomic E-state index is -0.435. The van der Waals surface area contributed by atoms with E-state index >= 15 is 0 Å². The summed E-state index contributed by atoms with van der Waals surface area (Å²) in [5, 5.41) is 0. The van der Waals surface area contributed by atoms with Gasteiger partial charge in [-0.1, -0.05) is 20.3 Å².